The van der Waals surface area contributed by atoms with Gasteiger partial charge in [0.1, 0.15) is 17.6 Å². The Balaban J connectivity index is 0.00000288. The first-order valence-electron chi connectivity index (χ1n) is 7.20. The van der Waals surface area contributed by atoms with Crippen LogP contribution < -0.4 is 20.5 Å². The number of rotatable bonds is 6. The molecule has 1 unspecified atom stereocenters. The SMILES string of the molecule is COc1cccc(NC(N)=NCC(C)Oc2ccccc2Br)c1.I. The number of methoxy groups -OCH3 is 1. The van der Waals surface area contributed by atoms with Crippen LogP contribution in [-0.2, 0) is 0 Å². The first-order valence-corrected chi connectivity index (χ1v) is 8.00. The Bertz CT molecular complexity index is 682. The van der Waals surface area contributed by atoms with Crippen LogP contribution in [0.25, 0.3) is 0 Å². The van der Waals surface area contributed by atoms with Crippen molar-refractivity contribution in [1.29, 1.82) is 0 Å². The molecule has 2 aromatic rings. The lowest BCUT2D eigenvalue weighted by Gasteiger charge is -2.14. The van der Waals surface area contributed by atoms with Crippen LogP contribution in [0.3, 0.4) is 0 Å². The van der Waals surface area contributed by atoms with Crippen molar-refractivity contribution in [3.05, 3.63) is 53.0 Å². The Kier molecular flexibility index (Phi) is 8.91. The number of aliphatic imine (C=N–C) groups is 1. The summed E-state index contributed by atoms with van der Waals surface area (Å²) in [6, 6.07) is 15.2. The molecule has 3 N–H and O–H groups in total. The number of hydrogen-bond donors (Lipinski definition) is 2. The molecule has 7 heteroatoms. The van der Waals surface area contributed by atoms with Crippen molar-refractivity contribution in [1.82, 2.24) is 0 Å². The van der Waals surface area contributed by atoms with Gasteiger partial charge in [-0.05, 0) is 47.1 Å². The van der Waals surface area contributed by atoms with E-state index in [2.05, 4.69) is 26.2 Å². The fourth-order valence-corrected chi connectivity index (χ4v) is 2.29. The molecular formula is C17H21BrIN3O2. The van der Waals surface area contributed by atoms with Crippen molar-refractivity contribution in [2.75, 3.05) is 19.0 Å². The lowest BCUT2D eigenvalue weighted by molar-refractivity contribution is 0.229. The molecule has 0 aliphatic heterocycles. The highest BCUT2D eigenvalue weighted by Crippen LogP contribution is 2.24. The van der Waals surface area contributed by atoms with E-state index in [1.807, 2.05) is 55.5 Å². The fraction of sp³-hybridized carbons (Fsp3) is 0.235. The molecule has 5 nitrogen and oxygen atoms in total. The van der Waals surface area contributed by atoms with Gasteiger partial charge in [0.15, 0.2) is 5.96 Å². The topological polar surface area (TPSA) is 68.9 Å². The fourth-order valence-electron chi connectivity index (χ4n) is 1.91. The largest absolute Gasteiger partial charge is 0.497 e. The number of nitrogens with zero attached hydrogens (tertiary/aromatic N) is 1. The van der Waals surface area contributed by atoms with Gasteiger partial charge >= 0.3 is 0 Å². The van der Waals surface area contributed by atoms with Crippen LogP contribution in [0.15, 0.2) is 58.0 Å². The number of para-hydroxylation sites is 1. The molecule has 0 saturated carbocycles. The van der Waals surface area contributed by atoms with Crippen molar-refractivity contribution >= 4 is 51.6 Å². The van der Waals surface area contributed by atoms with Gasteiger partial charge < -0.3 is 20.5 Å². The smallest absolute Gasteiger partial charge is 0.193 e. The molecule has 0 fully saturated rings. The molecule has 0 spiro atoms. The zero-order valence-corrected chi connectivity index (χ0v) is 17.4. The standard InChI is InChI=1S/C17H20BrN3O2.HI/c1-12(23-16-9-4-3-8-15(16)18)11-20-17(19)21-13-6-5-7-14(10-13)22-2;/h3-10,12H,11H2,1-2H3,(H3,19,20,21);1H. The van der Waals surface area contributed by atoms with Gasteiger partial charge in [0, 0.05) is 11.8 Å². The molecule has 0 aliphatic rings. The van der Waals surface area contributed by atoms with Gasteiger partial charge in [-0.3, -0.25) is 0 Å². The van der Waals surface area contributed by atoms with Crippen LogP contribution in [0.1, 0.15) is 6.92 Å². The summed E-state index contributed by atoms with van der Waals surface area (Å²) in [6.07, 6.45) is -0.0978. The van der Waals surface area contributed by atoms with Gasteiger partial charge in [-0.1, -0.05) is 18.2 Å². The predicted octanol–water partition coefficient (Wildman–Crippen LogP) is 4.27. The molecule has 0 aromatic heterocycles. The minimum Gasteiger partial charge on any atom is -0.497 e. The van der Waals surface area contributed by atoms with Crippen LogP contribution in [0, 0.1) is 0 Å². The van der Waals surface area contributed by atoms with Crippen molar-refractivity contribution in [3.8, 4) is 11.5 Å². The maximum Gasteiger partial charge on any atom is 0.193 e. The lowest BCUT2D eigenvalue weighted by atomic mass is 10.3. The summed E-state index contributed by atoms with van der Waals surface area (Å²) in [5.41, 5.74) is 6.73. The van der Waals surface area contributed by atoms with E-state index in [0.29, 0.717) is 12.5 Å². The highest BCUT2D eigenvalue weighted by atomic mass is 127. The maximum absolute atomic E-state index is 5.90. The van der Waals surface area contributed by atoms with E-state index in [-0.39, 0.29) is 30.1 Å². The average Bonchev–Trinajstić information content (AvgIpc) is 2.55. The summed E-state index contributed by atoms with van der Waals surface area (Å²) < 4.78 is 11.9. The Morgan fingerprint density at radius 2 is 2.00 bits per heavy atom. The minimum absolute atomic E-state index is 0. The monoisotopic (exact) mass is 505 g/mol. The molecule has 0 heterocycles. The zero-order valence-electron chi connectivity index (χ0n) is 13.5. The van der Waals surface area contributed by atoms with Gasteiger partial charge in [0.2, 0.25) is 0 Å². The predicted molar refractivity (Wildman–Crippen MR) is 113 cm³/mol. The van der Waals surface area contributed by atoms with Gasteiger partial charge in [-0.25, -0.2) is 4.99 Å². The van der Waals surface area contributed by atoms with Gasteiger partial charge in [-0.15, -0.1) is 24.0 Å². The molecule has 2 rings (SSSR count). The van der Waals surface area contributed by atoms with Gasteiger partial charge in [-0.2, -0.15) is 0 Å². The molecule has 0 amide bonds. The average molecular weight is 506 g/mol. The van der Waals surface area contributed by atoms with Crippen molar-refractivity contribution in [2.45, 2.75) is 13.0 Å². The van der Waals surface area contributed by atoms with Gasteiger partial charge in [0.25, 0.3) is 0 Å². The third kappa shape index (κ3) is 6.56. The molecular weight excluding hydrogens is 485 g/mol. The van der Waals surface area contributed by atoms with E-state index >= 15 is 0 Å². The van der Waals surface area contributed by atoms with E-state index in [0.717, 1.165) is 21.7 Å². The molecule has 0 saturated heterocycles. The quantitative estimate of drug-likeness (QED) is 0.349. The Labute approximate surface area is 167 Å². The molecule has 24 heavy (non-hydrogen) atoms. The van der Waals surface area contributed by atoms with E-state index in [1.165, 1.54) is 0 Å². The van der Waals surface area contributed by atoms with E-state index in [1.54, 1.807) is 7.11 Å². The Hall–Kier alpha value is -1.48. The maximum atomic E-state index is 5.90. The summed E-state index contributed by atoms with van der Waals surface area (Å²) in [4.78, 5) is 4.30. The van der Waals surface area contributed by atoms with Gasteiger partial charge in [0.05, 0.1) is 18.1 Å². The van der Waals surface area contributed by atoms with Crippen LogP contribution in [-0.4, -0.2) is 25.7 Å². The third-order valence-electron chi connectivity index (χ3n) is 3.03. The highest BCUT2D eigenvalue weighted by molar-refractivity contribution is 14.0. The number of halogens is 2. The number of benzene rings is 2. The molecule has 2 aromatic carbocycles. The van der Waals surface area contributed by atoms with E-state index < -0.39 is 0 Å². The summed E-state index contributed by atoms with van der Waals surface area (Å²) in [5, 5.41) is 3.03. The van der Waals surface area contributed by atoms with Crippen molar-refractivity contribution < 1.29 is 9.47 Å². The van der Waals surface area contributed by atoms with Crippen LogP contribution in [0.2, 0.25) is 0 Å². The number of hydrogen-bond acceptors (Lipinski definition) is 3. The van der Waals surface area contributed by atoms with Crippen molar-refractivity contribution in [2.24, 2.45) is 10.7 Å². The number of guanidine groups is 1. The minimum atomic E-state index is -0.0978. The number of nitrogens with two attached hydrogens (primary N) is 1. The van der Waals surface area contributed by atoms with Crippen LogP contribution in [0.4, 0.5) is 5.69 Å². The summed E-state index contributed by atoms with van der Waals surface area (Å²) in [7, 11) is 1.62. The highest BCUT2D eigenvalue weighted by Gasteiger charge is 2.06. The summed E-state index contributed by atoms with van der Waals surface area (Å²) >= 11 is 3.45. The van der Waals surface area contributed by atoms with Crippen LogP contribution >= 0.6 is 39.9 Å². The second-order valence-corrected chi connectivity index (χ2v) is 5.80. The Morgan fingerprint density at radius 1 is 1.25 bits per heavy atom. The molecule has 0 bridgehead atoms. The lowest BCUT2D eigenvalue weighted by Crippen LogP contribution is -2.25. The molecule has 1 atom stereocenters. The zero-order chi connectivity index (χ0) is 16.7. The van der Waals surface area contributed by atoms with Crippen molar-refractivity contribution in [3.63, 3.8) is 0 Å². The Morgan fingerprint density at radius 3 is 2.71 bits per heavy atom. The third-order valence-corrected chi connectivity index (χ3v) is 3.68. The first-order chi connectivity index (χ1) is 11.1. The summed E-state index contributed by atoms with van der Waals surface area (Å²) in [6.45, 7) is 2.39. The normalized spacial score (nSPS) is 12.0. The number of ether oxygens (including phenoxy) is 2. The van der Waals surface area contributed by atoms with E-state index in [9.17, 15) is 0 Å². The van der Waals surface area contributed by atoms with E-state index in [4.69, 9.17) is 15.2 Å². The molecule has 130 valence electrons. The first kappa shape index (κ1) is 20.6. The molecule has 0 radical (unpaired) electrons. The van der Waals surface area contributed by atoms with Crippen LogP contribution in [0.5, 0.6) is 11.5 Å². The number of anilines is 1. The second-order valence-electron chi connectivity index (χ2n) is 4.94. The summed E-state index contributed by atoms with van der Waals surface area (Å²) in [5.74, 6) is 1.88. The second kappa shape index (κ2) is 10.4. The molecule has 0 aliphatic carbocycles. The number of nitrogens with one attached hydrogen (secondary N) is 1.